The maximum Gasteiger partial charge on any atom is 0.490 e. The van der Waals surface area contributed by atoms with E-state index in [1.807, 2.05) is 0 Å². The van der Waals surface area contributed by atoms with Crippen LogP contribution in [0.2, 0.25) is 0 Å². The fourth-order valence-electron chi connectivity index (χ4n) is 5.08. The Bertz CT molecular complexity index is 1560. The molecule has 0 unspecified atom stereocenters. The molecule has 0 saturated carbocycles. The van der Waals surface area contributed by atoms with Crippen molar-refractivity contribution in [2.24, 2.45) is 0 Å². The number of benzene rings is 2. The molecule has 1 aliphatic heterocycles. The van der Waals surface area contributed by atoms with Gasteiger partial charge in [0, 0.05) is 20.1 Å². The highest BCUT2D eigenvalue weighted by Gasteiger charge is 2.38. The van der Waals surface area contributed by atoms with E-state index in [9.17, 15) is 26.4 Å². The van der Waals surface area contributed by atoms with Crippen LogP contribution in [0.5, 0.6) is 5.75 Å². The molecule has 2 aromatic carbocycles. The van der Waals surface area contributed by atoms with E-state index in [0.717, 1.165) is 25.2 Å². The van der Waals surface area contributed by atoms with Crippen molar-refractivity contribution >= 4 is 21.9 Å². The molecule has 1 saturated heterocycles. The Hall–Kier alpha value is -3.88. The van der Waals surface area contributed by atoms with Crippen molar-refractivity contribution in [1.29, 1.82) is 0 Å². The van der Waals surface area contributed by atoms with E-state index in [2.05, 4.69) is 34.5 Å². The number of carboxylic acids is 1. The maximum atomic E-state index is 13.3. The Balaban J connectivity index is 0.000000738. The molecule has 2 N–H and O–H groups in total. The fourth-order valence-corrected chi connectivity index (χ4v) is 6.62. The number of aliphatic carboxylic acids is 1. The smallest absolute Gasteiger partial charge is 0.490 e. The number of hydrogen-bond acceptors (Lipinski definition) is 7. The van der Waals surface area contributed by atoms with E-state index in [0.29, 0.717) is 34.7 Å². The second kappa shape index (κ2) is 16.1. The summed E-state index contributed by atoms with van der Waals surface area (Å²) in [4.78, 5) is 24.4. The van der Waals surface area contributed by atoms with Gasteiger partial charge in [0.25, 0.3) is 5.91 Å². The van der Waals surface area contributed by atoms with Crippen LogP contribution in [0.15, 0.2) is 58.0 Å². The number of rotatable bonds is 10. The van der Waals surface area contributed by atoms with E-state index in [1.54, 1.807) is 39.2 Å². The van der Waals surface area contributed by atoms with Crippen LogP contribution in [0.4, 0.5) is 13.2 Å². The van der Waals surface area contributed by atoms with Crippen LogP contribution in [0.3, 0.4) is 0 Å². The molecular weight excluding hydrogens is 627 g/mol. The van der Waals surface area contributed by atoms with Crippen LogP contribution < -0.4 is 10.1 Å². The predicted octanol–water partition coefficient (Wildman–Crippen LogP) is 5.67. The van der Waals surface area contributed by atoms with E-state index in [4.69, 9.17) is 19.1 Å². The molecule has 46 heavy (non-hydrogen) atoms. The number of likely N-dealkylation sites (tertiary alicyclic amines) is 1. The summed E-state index contributed by atoms with van der Waals surface area (Å²) in [6.07, 6.45) is 1.47. The Labute approximate surface area is 267 Å². The zero-order valence-electron chi connectivity index (χ0n) is 26.3. The second-order valence-electron chi connectivity index (χ2n) is 11.1. The van der Waals surface area contributed by atoms with Gasteiger partial charge in [0.2, 0.25) is 10.0 Å². The van der Waals surface area contributed by atoms with E-state index in [-0.39, 0.29) is 17.3 Å². The van der Waals surface area contributed by atoms with Gasteiger partial charge in [-0.2, -0.15) is 17.5 Å². The van der Waals surface area contributed by atoms with Crippen molar-refractivity contribution in [2.45, 2.75) is 70.2 Å². The minimum Gasteiger partial charge on any atom is -0.497 e. The van der Waals surface area contributed by atoms with E-state index < -0.39 is 22.2 Å². The molecule has 0 spiro atoms. The monoisotopic (exact) mass is 667 g/mol. The van der Waals surface area contributed by atoms with E-state index >= 15 is 0 Å². The number of methoxy groups -OCH3 is 1. The standard InChI is InChI=1S/C30H39N3O5S.C2HF3O2/c1-22-15-27(37-4)16-23(2)29(22)39(35,36)32(3)20-28-17-26(21-38-28)30(34)31-18-24-9-11-25(12-10-24)19-33-13-7-5-6-8-14-33;3-2(4,5)1(6)7/h9-12,15-17,21H,5-8,13-14,18-20H2,1-4H3,(H,31,34);(H,6,7). The summed E-state index contributed by atoms with van der Waals surface area (Å²) < 4.78 is 70.3. The molecule has 3 aromatic rings. The number of sulfonamides is 1. The molecule has 0 radical (unpaired) electrons. The van der Waals surface area contributed by atoms with Crippen LogP contribution in [0, 0.1) is 13.8 Å². The summed E-state index contributed by atoms with van der Waals surface area (Å²) in [7, 11) is -0.736. The number of ether oxygens (including phenoxy) is 1. The molecular formula is C32H40F3N3O7S. The Kier molecular flexibility index (Phi) is 12.8. The topological polar surface area (TPSA) is 129 Å². The number of carbonyl (C=O) groups excluding carboxylic acids is 1. The van der Waals surface area contributed by atoms with Crippen molar-refractivity contribution in [3.63, 3.8) is 0 Å². The Morgan fingerprint density at radius 1 is 1.00 bits per heavy atom. The first-order valence-electron chi connectivity index (χ1n) is 14.7. The molecule has 252 valence electrons. The first-order valence-corrected chi connectivity index (χ1v) is 16.1. The van der Waals surface area contributed by atoms with Crippen LogP contribution >= 0.6 is 0 Å². The summed E-state index contributed by atoms with van der Waals surface area (Å²) in [6.45, 7) is 7.17. The van der Waals surface area contributed by atoms with Gasteiger partial charge < -0.3 is 19.6 Å². The SMILES string of the molecule is COc1cc(C)c(S(=O)(=O)N(C)Cc2cc(C(=O)NCc3ccc(CN4CCCCCC4)cc3)co2)c(C)c1.O=C(O)C(F)(F)F. The van der Waals surface area contributed by atoms with Gasteiger partial charge in [0.05, 0.1) is 24.1 Å². The Morgan fingerprint density at radius 2 is 1.54 bits per heavy atom. The third-order valence-electron chi connectivity index (χ3n) is 7.46. The van der Waals surface area contributed by atoms with Gasteiger partial charge in [0.15, 0.2) is 0 Å². The number of hydrogen-bond donors (Lipinski definition) is 2. The second-order valence-corrected chi connectivity index (χ2v) is 13.1. The van der Waals surface area contributed by atoms with Gasteiger partial charge in [-0.25, -0.2) is 13.2 Å². The molecule has 0 aliphatic carbocycles. The van der Waals surface area contributed by atoms with Gasteiger partial charge in [-0.05, 0) is 80.2 Å². The van der Waals surface area contributed by atoms with Crippen molar-refractivity contribution in [1.82, 2.24) is 14.5 Å². The fraction of sp³-hybridized carbons (Fsp3) is 0.438. The quantitative estimate of drug-likeness (QED) is 0.283. The third-order valence-corrected chi connectivity index (χ3v) is 9.57. The summed E-state index contributed by atoms with van der Waals surface area (Å²) in [5.41, 5.74) is 3.86. The number of amides is 1. The van der Waals surface area contributed by atoms with E-state index in [1.165, 1.54) is 48.9 Å². The minimum absolute atomic E-state index is 0.000990. The highest BCUT2D eigenvalue weighted by Crippen LogP contribution is 2.28. The molecule has 10 nitrogen and oxygen atoms in total. The largest absolute Gasteiger partial charge is 0.497 e. The first-order chi connectivity index (χ1) is 21.6. The van der Waals surface area contributed by atoms with Crippen LogP contribution in [0.1, 0.15) is 64.1 Å². The van der Waals surface area contributed by atoms with Crippen molar-refractivity contribution < 1.29 is 45.4 Å². The average Bonchev–Trinajstić information content (AvgIpc) is 3.30. The third kappa shape index (κ3) is 10.3. The number of aryl methyl sites for hydroxylation is 2. The lowest BCUT2D eigenvalue weighted by Gasteiger charge is -2.19. The van der Waals surface area contributed by atoms with Gasteiger partial charge in [-0.1, -0.05) is 37.1 Å². The molecule has 1 aromatic heterocycles. The normalized spacial score (nSPS) is 14.3. The predicted molar refractivity (Wildman–Crippen MR) is 165 cm³/mol. The summed E-state index contributed by atoms with van der Waals surface area (Å²) in [5.74, 6) is -2.04. The number of nitrogens with one attached hydrogen (secondary N) is 1. The van der Waals surface area contributed by atoms with Gasteiger partial charge in [-0.3, -0.25) is 9.69 Å². The van der Waals surface area contributed by atoms with Crippen LogP contribution in [0.25, 0.3) is 0 Å². The lowest BCUT2D eigenvalue weighted by atomic mass is 10.1. The lowest BCUT2D eigenvalue weighted by Crippen LogP contribution is -2.27. The van der Waals surface area contributed by atoms with Gasteiger partial charge in [-0.15, -0.1) is 0 Å². The highest BCUT2D eigenvalue weighted by atomic mass is 32.2. The van der Waals surface area contributed by atoms with Crippen molar-refractivity contribution in [3.8, 4) is 5.75 Å². The summed E-state index contributed by atoms with van der Waals surface area (Å²) in [6, 6.07) is 13.3. The molecule has 0 atom stereocenters. The molecule has 2 heterocycles. The molecule has 0 bridgehead atoms. The molecule has 1 amide bonds. The first kappa shape index (κ1) is 36.6. The van der Waals surface area contributed by atoms with Crippen molar-refractivity contribution in [3.05, 3.63) is 82.3 Å². The van der Waals surface area contributed by atoms with Crippen LogP contribution in [-0.4, -0.2) is 68.0 Å². The average molecular weight is 668 g/mol. The number of carboxylic acid groups (broad SMARTS) is 1. The van der Waals surface area contributed by atoms with Gasteiger partial charge in [0.1, 0.15) is 17.8 Å². The highest BCUT2D eigenvalue weighted by molar-refractivity contribution is 7.89. The minimum atomic E-state index is -5.08. The number of halogens is 3. The summed E-state index contributed by atoms with van der Waals surface area (Å²) >= 11 is 0. The van der Waals surface area contributed by atoms with Crippen LogP contribution in [-0.2, 0) is 34.5 Å². The Morgan fingerprint density at radius 3 is 2.07 bits per heavy atom. The van der Waals surface area contributed by atoms with Crippen molar-refractivity contribution in [2.75, 3.05) is 27.2 Å². The number of alkyl halides is 3. The zero-order chi connectivity index (χ0) is 34.1. The number of furan rings is 1. The lowest BCUT2D eigenvalue weighted by molar-refractivity contribution is -0.192. The number of nitrogens with zero attached hydrogens (tertiary/aromatic N) is 2. The molecule has 14 heteroatoms. The zero-order valence-corrected chi connectivity index (χ0v) is 27.1. The maximum absolute atomic E-state index is 13.3. The molecule has 1 fully saturated rings. The molecule has 1 aliphatic rings. The summed E-state index contributed by atoms with van der Waals surface area (Å²) in [5, 5.41) is 10.0. The molecule has 4 rings (SSSR count). The number of carbonyl (C=O) groups is 2. The van der Waals surface area contributed by atoms with Gasteiger partial charge >= 0.3 is 12.1 Å².